The van der Waals surface area contributed by atoms with Gasteiger partial charge in [0, 0.05) is 13.1 Å². The first-order valence-corrected chi connectivity index (χ1v) is 3.79. The highest BCUT2D eigenvalue weighted by molar-refractivity contribution is 5.25. The van der Waals surface area contributed by atoms with E-state index in [9.17, 15) is 0 Å². The van der Waals surface area contributed by atoms with E-state index < -0.39 is 0 Å². The van der Waals surface area contributed by atoms with Crippen molar-refractivity contribution in [1.82, 2.24) is 9.78 Å². The van der Waals surface area contributed by atoms with E-state index in [0.29, 0.717) is 0 Å². The Morgan fingerprint density at radius 3 is 2.18 bits per heavy atom. The lowest BCUT2D eigenvalue weighted by molar-refractivity contribution is 0.649. The minimum Gasteiger partial charge on any atom is -0.323 e. The van der Waals surface area contributed by atoms with Crippen LogP contribution < -0.4 is 5.73 Å². The zero-order valence-corrected chi connectivity index (χ0v) is 7.55. The number of hydrogen-bond donors (Lipinski definition) is 1. The summed E-state index contributed by atoms with van der Waals surface area (Å²) < 4.78 is 1.86. The summed E-state index contributed by atoms with van der Waals surface area (Å²) in [6.07, 6.45) is 0. The van der Waals surface area contributed by atoms with E-state index in [2.05, 4.69) is 12.0 Å². The van der Waals surface area contributed by atoms with Gasteiger partial charge in [-0.2, -0.15) is 5.10 Å². The molecule has 0 unspecified atom stereocenters. The molecule has 0 bridgehead atoms. The van der Waals surface area contributed by atoms with Crippen LogP contribution in [0.25, 0.3) is 0 Å². The average Bonchev–Trinajstić information content (AvgIpc) is 2.07. The summed E-state index contributed by atoms with van der Waals surface area (Å²) in [5.41, 5.74) is 9.18. The molecule has 3 heteroatoms. The van der Waals surface area contributed by atoms with E-state index in [-0.39, 0.29) is 6.04 Å². The lowest BCUT2D eigenvalue weighted by Crippen LogP contribution is -2.11. The lowest BCUT2D eigenvalue weighted by Gasteiger charge is -2.06. The van der Waals surface area contributed by atoms with Crippen LogP contribution in [0, 0.1) is 13.8 Å². The molecule has 0 aliphatic rings. The first kappa shape index (κ1) is 8.27. The third-order valence-electron chi connectivity index (χ3n) is 2.01. The highest BCUT2D eigenvalue weighted by Crippen LogP contribution is 2.16. The molecular formula is C8H15N3. The normalized spacial score (nSPS) is 13.5. The molecule has 1 aromatic rings. The average molecular weight is 153 g/mol. The van der Waals surface area contributed by atoms with Gasteiger partial charge in [-0.15, -0.1) is 0 Å². The largest absolute Gasteiger partial charge is 0.323 e. The van der Waals surface area contributed by atoms with E-state index in [0.717, 1.165) is 11.4 Å². The second-order valence-electron chi connectivity index (χ2n) is 3.01. The van der Waals surface area contributed by atoms with Crippen LogP contribution in [0.2, 0.25) is 0 Å². The van der Waals surface area contributed by atoms with Crippen molar-refractivity contribution in [2.75, 3.05) is 0 Å². The fraction of sp³-hybridized carbons (Fsp3) is 0.625. The van der Waals surface area contributed by atoms with Gasteiger partial charge in [-0.05, 0) is 26.3 Å². The molecule has 0 spiro atoms. The summed E-state index contributed by atoms with van der Waals surface area (Å²) in [6, 6.07) is 0.0706. The Morgan fingerprint density at radius 1 is 1.45 bits per heavy atom. The van der Waals surface area contributed by atoms with Gasteiger partial charge in [0.25, 0.3) is 0 Å². The topological polar surface area (TPSA) is 43.8 Å². The zero-order chi connectivity index (χ0) is 8.59. The molecule has 0 saturated carbocycles. The Balaban J connectivity index is 3.22. The summed E-state index contributed by atoms with van der Waals surface area (Å²) >= 11 is 0. The first-order chi connectivity index (χ1) is 5.04. The fourth-order valence-electron chi connectivity index (χ4n) is 1.42. The van der Waals surface area contributed by atoms with Crippen molar-refractivity contribution in [2.24, 2.45) is 12.8 Å². The van der Waals surface area contributed by atoms with Crippen molar-refractivity contribution in [1.29, 1.82) is 0 Å². The van der Waals surface area contributed by atoms with Crippen LogP contribution in [0.15, 0.2) is 0 Å². The van der Waals surface area contributed by atoms with Crippen molar-refractivity contribution in [3.05, 3.63) is 17.0 Å². The number of nitrogens with zero attached hydrogens (tertiary/aromatic N) is 2. The van der Waals surface area contributed by atoms with E-state index in [4.69, 9.17) is 5.73 Å². The maximum atomic E-state index is 5.77. The van der Waals surface area contributed by atoms with Gasteiger partial charge in [0.05, 0.1) is 11.4 Å². The van der Waals surface area contributed by atoms with Gasteiger partial charge in [-0.1, -0.05) is 0 Å². The number of nitrogens with two attached hydrogens (primary N) is 1. The van der Waals surface area contributed by atoms with E-state index in [1.54, 1.807) is 0 Å². The Morgan fingerprint density at radius 2 is 2.00 bits per heavy atom. The Hall–Kier alpha value is -0.830. The van der Waals surface area contributed by atoms with Crippen LogP contribution in [-0.4, -0.2) is 9.78 Å². The monoisotopic (exact) mass is 153 g/mol. The summed E-state index contributed by atoms with van der Waals surface area (Å²) in [7, 11) is 1.93. The minimum atomic E-state index is 0.0706. The number of hydrogen-bond acceptors (Lipinski definition) is 2. The molecule has 1 heterocycles. The quantitative estimate of drug-likeness (QED) is 0.655. The SMILES string of the molecule is Cc1nn(C)c([C@@H](C)N)c1C. The van der Waals surface area contributed by atoms with Gasteiger partial charge in [-0.3, -0.25) is 4.68 Å². The van der Waals surface area contributed by atoms with E-state index in [1.165, 1.54) is 5.56 Å². The summed E-state index contributed by atoms with van der Waals surface area (Å²) in [5, 5.41) is 4.27. The third kappa shape index (κ3) is 1.28. The molecule has 11 heavy (non-hydrogen) atoms. The third-order valence-corrected chi connectivity index (χ3v) is 2.01. The molecule has 0 fully saturated rings. The summed E-state index contributed by atoms with van der Waals surface area (Å²) in [6.45, 7) is 6.03. The Labute approximate surface area is 67.2 Å². The van der Waals surface area contributed by atoms with E-state index >= 15 is 0 Å². The Kier molecular flexibility index (Phi) is 2.00. The number of aromatic nitrogens is 2. The minimum absolute atomic E-state index is 0.0706. The highest BCUT2D eigenvalue weighted by atomic mass is 15.3. The molecule has 0 aromatic carbocycles. The van der Waals surface area contributed by atoms with Crippen molar-refractivity contribution in [3.63, 3.8) is 0 Å². The van der Waals surface area contributed by atoms with E-state index in [1.807, 2.05) is 25.6 Å². The number of aryl methyl sites for hydroxylation is 2. The molecule has 62 valence electrons. The lowest BCUT2D eigenvalue weighted by atomic mass is 10.1. The predicted octanol–water partition coefficient (Wildman–Crippen LogP) is 1.06. The molecule has 0 saturated heterocycles. The van der Waals surface area contributed by atoms with Gasteiger partial charge in [0.15, 0.2) is 0 Å². The maximum Gasteiger partial charge on any atom is 0.0626 e. The molecular weight excluding hydrogens is 138 g/mol. The van der Waals surface area contributed by atoms with Crippen LogP contribution in [0.4, 0.5) is 0 Å². The highest BCUT2D eigenvalue weighted by Gasteiger charge is 2.11. The van der Waals surface area contributed by atoms with Crippen LogP contribution in [0.3, 0.4) is 0 Å². The van der Waals surface area contributed by atoms with Gasteiger partial charge < -0.3 is 5.73 Å². The second kappa shape index (κ2) is 2.66. The van der Waals surface area contributed by atoms with Crippen molar-refractivity contribution >= 4 is 0 Å². The molecule has 2 N–H and O–H groups in total. The zero-order valence-electron chi connectivity index (χ0n) is 7.55. The number of rotatable bonds is 1. The smallest absolute Gasteiger partial charge is 0.0626 e. The second-order valence-corrected chi connectivity index (χ2v) is 3.01. The Bertz CT molecular complexity index is 261. The van der Waals surface area contributed by atoms with Gasteiger partial charge in [0.1, 0.15) is 0 Å². The summed E-state index contributed by atoms with van der Waals surface area (Å²) in [5.74, 6) is 0. The molecule has 0 amide bonds. The van der Waals surface area contributed by atoms with Crippen LogP contribution in [0.1, 0.15) is 29.9 Å². The molecule has 0 aliphatic carbocycles. The fourth-order valence-corrected chi connectivity index (χ4v) is 1.42. The summed E-state index contributed by atoms with van der Waals surface area (Å²) in [4.78, 5) is 0. The van der Waals surface area contributed by atoms with Crippen LogP contribution in [0.5, 0.6) is 0 Å². The van der Waals surface area contributed by atoms with Crippen LogP contribution in [-0.2, 0) is 7.05 Å². The van der Waals surface area contributed by atoms with Crippen molar-refractivity contribution < 1.29 is 0 Å². The maximum absolute atomic E-state index is 5.77. The molecule has 0 aliphatic heterocycles. The van der Waals surface area contributed by atoms with Gasteiger partial charge >= 0.3 is 0 Å². The molecule has 3 nitrogen and oxygen atoms in total. The first-order valence-electron chi connectivity index (χ1n) is 3.79. The van der Waals surface area contributed by atoms with Crippen molar-refractivity contribution in [2.45, 2.75) is 26.8 Å². The predicted molar refractivity (Wildman–Crippen MR) is 45.3 cm³/mol. The molecule has 1 aromatic heterocycles. The molecule has 0 radical (unpaired) electrons. The van der Waals surface area contributed by atoms with Gasteiger partial charge in [-0.25, -0.2) is 0 Å². The van der Waals surface area contributed by atoms with Gasteiger partial charge in [0.2, 0.25) is 0 Å². The molecule has 1 atom stereocenters. The standard InChI is InChI=1S/C8H15N3/c1-5-7(3)10-11(4)8(5)6(2)9/h6H,9H2,1-4H3/t6-/m1/s1. The molecule has 1 rings (SSSR count). The van der Waals surface area contributed by atoms with Crippen LogP contribution >= 0.6 is 0 Å². The van der Waals surface area contributed by atoms with Crippen molar-refractivity contribution in [3.8, 4) is 0 Å².